The SMILES string of the molecule is CCOC(=O)C(Cc1c[nH]c2ccccc12)Oc1c(F)c(Oc2cccc(-c3nccn3C)c2)nc(Oc2cc(C#N)ccc2OCc2ccccc2)c1F. The Labute approximate surface area is 314 Å². The Bertz CT molecular complexity index is 2510. The van der Waals surface area contributed by atoms with Gasteiger partial charge in [0, 0.05) is 54.6 Å². The van der Waals surface area contributed by atoms with E-state index in [9.17, 15) is 10.1 Å². The Morgan fingerprint density at radius 2 is 1.71 bits per heavy atom. The van der Waals surface area contributed by atoms with Gasteiger partial charge in [0.05, 0.1) is 18.2 Å². The maximum atomic E-state index is 16.7. The van der Waals surface area contributed by atoms with Gasteiger partial charge in [-0.15, -0.1) is 0 Å². The van der Waals surface area contributed by atoms with Crippen molar-refractivity contribution in [3.8, 4) is 52.2 Å². The first-order valence-electron chi connectivity index (χ1n) is 17.2. The van der Waals surface area contributed by atoms with Crippen LogP contribution in [0.25, 0.3) is 22.3 Å². The molecule has 0 aliphatic carbocycles. The van der Waals surface area contributed by atoms with E-state index in [-0.39, 0.29) is 42.4 Å². The number of halogens is 2. The van der Waals surface area contributed by atoms with Gasteiger partial charge in [-0.1, -0.05) is 60.7 Å². The second-order valence-corrected chi connectivity index (χ2v) is 12.2. The molecule has 3 aromatic heterocycles. The number of aryl methyl sites for hydroxylation is 1. The standard InChI is InChI=1S/C42H33F2N5O6/c1-3-51-42(50)35(22-29-24-47-32-15-8-7-14-31(29)32)54-38-36(43)40(53-30-13-9-12-28(21-30)39-46-18-19-49(39)2)48-41(37(38)44)55-34-20-27(23-45)16-17-33(34)52-25-26-10-5-4-6-11-26/h4-21,24,35,47H,3,22,25H2,1-2H3. The zero-order valence-corrected chi connectivity index (χ0v) is 29.7. The number of pyridine rings is 1. The molecule has 55 heavy (non-hydrogen) atoms. The molecule has 4 aromatic carbocycles. The smallest absolute Gasteiger partial charge is 0.347 e. The number of para-hydroxylation sites is 1. The molecule has 0 spiro atoms. The van der Waals surface area contributed by atoms with E-state index in [0.29, 0.717) is 17.0 Å². The molecule has 0 amide bonds. The number of imidazole rings is 1. The highest BCUT2D eigenvalue weighted by molar-refractivity contribution is 5.84. The fourth-order valence-electron chi connectivity index (χ4n) is 5.84. The summed E-state index contributed by atoms with van der Waals surface area (Å²) < 4.78 is 64.1. The van der Waals surface area contributed by atoms with E-state index in [4.69, 9.17) is 23.7 Å². The van der Waals surface area contributed by atoms with Gasteiger partial charge in [0.25, 0.3) is 11.8 Å². The Morgan fingerprint density at radius 1 is 0.927 bits per heavy atom. The molecule has 11 nitrogen and oxygen atoms in total. The van der Waals surface area contributed by atoms with Gasteiger partial charge >= 0.3 is 5.97 Å². The van der Waals surface area contributed by atoms with E-state index in [1.165, 1.54) is 18.2 Å². The number of fused-ring (bicyclic) bond motifs is 1. The predicted molar refractivity (Wildman–Crippen MR) is 198 cm³/mol. The van der Waals surface area contributed by atoms with Gasteiger partial charge in [0.2, 0.25) is 17.4 Å². The normalized spacial score (nSPS) is 11.5. The summed E-state index contributed by atoms with van der Waals surface area (Å²) in [5.41, 5.74) is 3.10. The molecule has 7 rings (SSSR count). The van der Waals surface area contributed by atoms with Crippen LogP contribution in [-0.4, -0.2) is 38.2 Å². The largest absolute Gasteiger partial charge is 0.485 e. The van der Waals surface area contributed by atoms with Crippen LogP contribution in [0.5, 0.6) is 34.8 Å². The number of nitriles is 1. The van der Waals surface area contributed by atoms with Crippen molar-refractivity contribution in [2.45, 2.75) is 26.1 Å². The molecule has 1 atom stereocenters. The molecule has 0 fully saturated rings. The summed E-state index contributed by atoms with van der Waals surface area (Å²) in [6, 6.07) is 29.7. The molecule has 276 valence electrons. The Kier molecular flexibility index (Phi) is 10.7. The molecule has 0 aliphatic rings. The molecule has 0 bridgehead atoms. The topological polar surface area (TPSA) is 134 Å². The lowest BCUT2D eigenvalue weighted by molar-refractivity contribution is -0.151. The Morgan fingerprint density at radius 3 is 2.47 bits per heavy atom. The van der Waals surface area contributed by atoms with Crippen LogP contribution >= 0.6 is 0 Å². The second-order valence-electron chi connectivity index (χ2n) is 12.2. The van der Waals surface area contributed by atoms with Gasteiger partial charge in [-0.05, 0) is 48.4 Å². The van der Waals surface area contributed by atoms with Crippen molar-refractivity contribution in [3.63, 3.8) is 0 Å². The van der Waals surface area contributed by atoms with E-state index in [1.54, 1.807) is 54.3 Å². The number of nitrogens with zero attached hydrogens (tertiary/aromatic N) is 4. The van der Waals surface area contributed by atoms with Crippen molar-refractivity contribution in [1.82, 2.24) is 19.5 Å². The molecule has 1 unspecified atom stereocenters. The second kappa shape index (κ2) is 16.2. The van der Waals surface area contributed by atoms with E-state index in [0.717, 1.165) is 16.5 Å². The van der Waals surface area contributed by atoms with Crippen LogP contribution in [0.4, 0.5) is 8.78 Å². The lowest BCUT2D eigenvalue weighted by Crippen LogP contribution is -2.32. The Hall–Kier alpha value is -7.20. The number of H-pyrrole nitrogens is 1. The number of hydrogen-bond donors (Lipinski definition) is 1. The fraction of sp³-hybridized carbons (Fsp3) is 0.143. The quantitative estimate of drug-likeness (QED) is 0.109. The maximum absolute atomic E-state index is 16.7. The lowest BCUT2D eigenvalue weighted by Gasteiger charge is -2.20. The molecule has 0 aliphatic heterocycles. The number of carbonyl (C=O) groups is 1. The van der Waals surface area contributed by atoms with Crippen molar-refractivity contribution < 1.29 is 37.3 Å². The van der Waals surface area contributed by atoms with Crippen molar-refractivity contribution in [2.24, 2.45) is 7.05 Å². The van der Waals surface area contributed by atoms with Crippen LogP contribution in [-0.2, 0) is 29.6 Å². The van der Waals surface area contributed by atoms with Crippen LogP contribution < -0.4 is 18.9 Å². The first-order valence-corrected chi connectivity index (χ1v) is 17.2. The van der Waals surface area contributed by atoms with E-state index in [1.807, 2.05) is 67.7 Å². The van der Waals surface area contributed by atoms with Crippen LogP contribution in [0, 0.1) is 23.0 Å². The average molecular weight is 742 g/mol. The number of benzene rings is 4. The molecule has 0 radical (unpaired) electrons. The fourth-order valence-corrected chi connectivity index (χ4v) is 5.84. The first-order chi connectivity index (χ1) is 26.8. The van der Waals surface area contributed by atoms with Gasteiger partial charge in [-0.25, -0.2) is 9.78 Å². The van der Waals surface area contributed by atoms with Gasteiger partial charge in [0.1, 0.15) is 18.2 Å². The summed E-state index contributed by atoms with van der Waals surface area (Å²) >= 11 is 0. The van der Waals surface area contributed by atoms with Crippen molar-refractivity contribution in [1.29, 1.82) is 5.26 Å². The van der Waals surface area contributed by atoms with Crippen LogP contribution in [0.3, 0.4) is 0 Å². The summed E-state index contributed by atoms with van der Waals surface area (Å²) in [5.74, 6) is -5.27. The molecule has 1 N–H and O–H groups in total. The molecule has 0 saturated carbocycles. The van der Waals surface area contributed by atoms with Crippen molar-refractivity contribution in [2.75, 3.05) is 6.61 Å². The molecular weight excluding hydrogens is 708 g/mol. The van der Waals surface area contributed by atoms with E-state index in [2.05, 4.69) is 15.0 Å². The van der Waals surface area contributed by atoms with Crippen LogP contribution in [0.1, 0.15) is 23.6 Å². The minimum atomic E-state index is -1.51. The molecule has 13 heteroatoms. The highest BCUT2D eigenvalue weighted by Gasteiger charge is 2.32. The van der Waals surface area contributed by atoms with Gasteiger partial charge in [-0.3, -0.25) is 0 Å². The third-order valence-electron chi connectivity index (χ3n) is 8.51. The third kappa shape index (κ3) is 8.08. The number of ether oxygens (including phenoxy) is 5. The summed E-state index contributed by atoms with van der Waals surface area (Å²) in [5, 5.41) is 10.5. The first kappa shape index (κ1) is 36.2. The third-order valence-corrected chi connectivity index (χ3v) is 8.51. The highest BCUT2D eigenvalue weighted by Crippen LogP contribution is 2.41. The van der Waals surface area contributed by atoms with Crippen LogP contribution in [0.2, 0.25) is 0 Å². The number of esters is 1. The van der Waals surface area contributed by atoms with Crippen molar-refractivity contribution in [3.05, 3.63) is 144 Å². The zero-order valence-electron chi connectivity index (χ0n) is 29.7. The molecular formula is C42H33F2N5O6. The molecule has 3 heterocycles. The molecule has 7 aromatic rings. The van der Waals surface area contributed by atoms with Crippen molar-refractivity contribution >= 4 is 16.9 Å². The number of rotatable bonds is 14. The Balaban J connectivity index is 1.30. The summed E-state index contributed by atoms with van der Waals surface area (Å²) in [6.07, 6.45) is 3.48. The predicted octanol–water partition coefficient (Wildman–Crippen LogP) is 8.83. The van der Waals surface area contributed by atoms with E-state index >= 15 is 8.78 Å². The van der Waals surface area contributed by atoms with Crippen LogP contribution in [0.15, 0.2) is 116 Å². The highest BCUT2D eigenvalue weighted by atomic mass is 19.1. The van der Waals surface area contributed by atoms with Gasteiger partial charge < -0.3 is 33.2 Å². The summed E-state index contributed by atoms with van der Waals surface area (Å²) in [6.45, 7) is 1.72. The van der Waals surface area contributed by atoms with E-state index < -0.39 is 41.2 Å². The average Bonchev–Trinajstić information content (AvgIpc) is 3.83. The minimum absolute atomic E-state index is 0.00998. The maximum Gasteiger partial charge on any atom is 0.347 e. The number of hydrogen-bond acceptors (Lipinski definition) is 9. The molecule has 0 saturated heterocycles. The monoisotopic (exact) mass is 741 g/mol. The number of nitrogens with one attached hydrogen (secondary N) is 1. The number of aromatic nitrogens is 4. The number of carbonyl (C=O) groups excluding carboxylic acids is 1. The summed E-state index contributed by atoms with van der Waals surface area (Å²) in [7, 11) is 1.82. The van der Waals surface area contributed by atoms with Gasteiger partial charge in [0.15, 0.2) is 17.6 Å². The van der Waals surface area contributed by atoms with Gasteiger partial charge in [-0.2, -0.15) is 19.0 Å². The lowest BCUT2D eigenvalue weighted by atomic mass is 10.1. The number of aromatic amines is 1. The summed E-state index contributed by atoms with van der Waals surface area (Å²) in [4.78, 5) is 24.9. The zero-order chi connectivity index (χ0) is 38.3. The minimum Gasteiger partial charge on any atom is -0.485 e.